The number of H-pyrrole nitrogens is 1. The van der Waals surface area contributed by atoms with Crippen molar-refractivity contribution < 1.29 is 4.79 Å². The van der Waals surface area contributed by atoms with Gasteiger partial charge in [0.05, 0.1) is 21.6 Å². The smallest absolute Gasteiger partial charge is 0.226 e. The van der Waals surface area contributed by atoms with E-state index in [1.165, 1.54) is 5.56 Å². The minimum absolute atomic E-state index is 0.0626. The average Bonchev–Trinajstić information content (AvgIpc) is 2.72. The summed E-state index contributed by atoms with van der Waals surface area (Å²) in [6.45, 7) is 0. The van der Waals surface area contributed by atoms with E-state index >= 15 is 0 Å². The van der Waals surface area contributed by atoms with E-state index in [1.54, 1.807) is 0 Å². The van der Waals surface area contributed by atoms with Crippen LogP contribution in [0.1, 0.15) is 23.6 Å². The fourth-order valence-corrected chi connectivity index (χ4v) is 3.82. The van der Waals surface area contributed by atoms with Gasteiger partial charge in [0.25, 0.3) is 0 Å². The van der Waals surface area contributed by atoms with Gasteiger partial charge in [0.15, 0.2) is 0 Å². The summed E-state index contributed by atoms with van der Waals surface area (Å²) >= 11 is 6.36. The topological polar surface area (TPSA) is 58.9 Å². The molecule has 104 valence electrons. The number of carbonyl (C=O) groups excluding carboxylic acids is 1. The number of benzene rings is 1. The lowest BCUT2D eigenvalue weighted by molar-refractivity contribution is -0.119. The van der Waals surface area contributed by atoms with Gasteiger partial charge >= 0.3 is 0 Å². The maximum atomic E-state index is 11.9. The lowest BCUT2D eigenvalue weighted by Gasteiger charge is -2.34. The highest BCUT2D eigenvalue weighted by atomic mass is 35.5. The largest absolute Gasteiger partial charge is 0.369 e. The number of halogens is 1. The minimum Gasteiger partial charge on any atom is -0.369 e. The van der Waals surface area contributed by atoms with Crippen LogP contribution in [0.2, 0.25) is 10.2 Å². The second-order valence-corrected chi connectivity index (χ2v) is 7.46. The Labute approximate surface area is 133 Å². The molecule has 0 fully saturated rings. The molecule has 1 aromatic heterocycles. The number of hydrogen-bond donors (Lipinski definition) is 2. The molecule has 1 amide bonds. The molecule has 1 aliphatic rings. The number of nitrogens with one attached hydrogen (secondary N) is 1. The number of rotatable bonds is 1. The maximum absolute atomic E-state index is 11.9. The molecule has 0 radical (unpaired) electrons. The number of primary amides is 1. The van der Waals surface area contributed by atoms with Crippen LogP contribution in [0.5, 0.6) is 0 Å². The van der Waals surface area contributed by atoms with E-state index in [-0.39, 0.29) is 17.0 Å². The Balaban J connectivity index is 2.34. The molecule has 1 aromatic carbocycles. The molecule has 0 saturated heterocycles. The van der Waals surface area contributed by atoms with E-state index < -0.39 is 0 Å². The number of hydrogen-bond acceptors (Lipinski definition) is 1. The third kappa shape index (κ3) is 2.22. The zero-order valence-corrected chi connectivity index (χ0v) is 13.7. The quantitative estimate of drug-likeness (QED) is 0.550. The van der Waals surface area contributed by atoms with E-state index in [1.807, 2.05) is 13.9 Å². The molecule has 3 N–H and O–H groups in total. The Morgan fingerprint density at radius 2 is 2.05 bits per heavy atom. The van der Waals surface area contributed by atoms with Gasteiger partial charge in [-0.3, -0.25) is 4.79 Å². The summed E-state index contributed by atoms with van der Waals surface area (Å²) in [4.78, 5) is 15.3. The molecule has 1 heterocycles. The Hall–Kier alpha value is -1.22. The van der Waals surface area contributed by atoms with Crippen molar-refractivity contribution in [2.24, 2.45) is 5.73 Å². The highest BCUT2D eigenvalue weighted by Gasteiger charge is 2.37. The normalized spacial score (nSPS) is 20.3. The number of aromatic amines is 1. The summed E-state index contributed by atoms with van der Waals surface area (Å²) in [6.07, 6.45) is 1.72. The van der Waals surface area contributed by atoms with Gasteiger partial charge in [-0.05, 0) is 24.5 Å². The Morgan fingerprint density at radius 3 is 2.67 bits per heavy atom. The van der Waals surface area contributed by atoms with Crippen molar-refractivity contribution in [1.29, 1.82) is 0 Å². The highest BCUT2D eigenvalue weighted by Crippen LogP contribution is 2.45. The lowest BCUT2D eigenvalue weighted by Crippen LogP contribution is -2.32. The van der Waals surface area contributed by atoms with Crippen molar-refractivity contribution in [2.45, 2.75) is 24.0 Å². The van der Waals surface area contributed by atoms with Crippen molar-refractivity contribution in [3.8, 4) is 0 Å². The van der Waals surface area contributed by atoms with Gasteiger partial charge < -0.3 is 10.7 Å². The predicted octanol–water partition coefficient (Wildman–Crippen LogP) is -2.76. The number of aromatic nitrogens is 1. The summed E-state index contributed by atoms with van der Waals surface area (Å²) in [5, 5.41) is 1.98. The number of fused-ring (bicyclic) bond motifs is 3. The first-order valence-electron chi connectivity index (χ1n) is 7.31. The summed E-state index contributed by atoms with van der Waals surface area (Å²) in [6, 6.07) is 2.02. The first-order valence-corrected chi connectivity index (χ1v) is 7.68. The van der Waals surface area contributed by atoms with Gasteiger partial charge in [0.1, 0.15) is 15.7 Å². The molecule has 2 aromatic rings. The molecule has 21 heavy (non-hydrogen) atoms. The third-order valence-corrected chi connectivity index (χ3v) is 5.24. The highest BCUT2D eigenvalue weighted by molar-refractivity contribution is 6.57. The van der Waals surface area contributed by atoms with Crippen LogP contribution in [0.15, 0.2) is 6.07 Å². The minimum atomic E-state index is -0.254. The standard InChI is InChI=1S/C13H17B4ClN2O/c14-8-7(18)1-4-5-2-13(16,17)3-6(12(19)21)10(5)20-11(4)9(8)15/h1,6,20H,2-3,14-17H2,(H2,19,21). The zero-order valence-electron chi connectivity index (χ0n) is 12.9. The van der Waals surface area contributed by atoms with Crippen LogP contribution in [-0.4, -0.2) is 42.3 Å². The van der Waals surface area contributed by atoms with E-state index in [2.05, 4.69) is 28.5 Å². The summed E-state index contributed by atoms with van der Waals surface area (Å²) in [5.74, 6) is -0.495. The third-order valence-electron chi connectivity index (χ3n) is 4.85. The van der Waals surface area contributed by atoms with Crippen LogP contribution >= 0.6 is 11.6 Å². The Morgan fingerprint density at radius 1 is 1.38 bits per heavy atom. The zero-order chi connectivity index (χ0) is 15.5. The van der Waals surface area contributed by atoms with Crippen molar-refractivity contribution in [1.82, 2.24) is 4.98 Å². The van der Waals surface area contributed by atoms with Crippen LogP contribution < -0.4 is 16.7 Å². The van der Waals surface area contributed by atoms with E-state index in [9.17, 15) is 4.79 Å². The van der Waals surface area contributed by atoms with Crippen LogP contribution in [0, 0.1) is 0 Å². The van der Waals surface area contributed by atoms with Crippen molar-refractivity contribution in [3.05, 3.63) is 22.3 Å². The second kappa shape index (κ2) is 4.64. The lowest BCUT2D eigenvalue weighted by atomic mass is 9.46. The van der Waals surface area contributed by atoms with Gasteiger partial charge in [0, 0.05) is 21.6 Å². The molecule has 8 heteroatoms. The molecule has 0 bridgehead atoms. The Bertz CT molecular complexity index is 771. The van der Waals surface area contributed by atoms with E-state index in [4.69, 9.17) is 17.3 Å². The fourth-order valence-electron chi connectivity index (χ4n) is 3.57. The molecule has 0 aliphatic heterocycles. The SMILES string of the molecule is Bc1c(Cl)cc2c3c([nH]c2c1B)C(C(N)=O)CC(B)(B)C3. The molecule has 1 unspecified atom stereocenters. The monoisotopic (exact) mass is 296 g/mol. The first-order chi connectivity index (χ1) is 9.71. The number of carbonyl (C=O) groups is 1. The summed E-state index contributed by atoms with van der Waals surface area (Å²) in [5.41, 5.74) is 11.1. The molecule has 3 nitrogen and oxygen atoms in total. The van der Waals surface area contributed by atoms with Crippen LogP contribution in [0.3, 0.4) is 0 Å². The Kier molecular flexibility index (Phi) is 3.25. The van der Waals surface area contributed by atoms with Crippen LogP contribution in [0.25, 0.3) is 10.9 Å². The fraction of sp³-hybridized carbons (Fsp3) is 0.308. The van der Waals surface area contributed by atoms with Gasteiger partial charge in [-0.1, -0.05) is 27.7 Å². The number of nitrogens with two attached hydrogens (primary N) is 1. The predicted molar refractivity (Wildman–Crippen MR) is 99.7 cm³/mol. The van der Waals surface area contributed by atoms with E-state index in [0.717, 1.165) is 45.4 Å². The van der Waals surface area contributed by atoms with Gasteiger partial charge in [-0.25, -0.2) is 0 Å². The molecule has 3 rings (SSSR count). The van der Waals surface area contributed by atoms with Crippen molar-refractivity contribution >= 4 is 70.7 Å². The molecule has 0 spiro atoms. The second-order valence-electron chi connectivity index (χ2n) is 7.05. The summed E-state index contributed by atoms with van der Waals surface area (Å²) in [7, 11) is 8.46. The average molecular weight is 296 g/mol. The van der Waals surface area contributed by atoms with Gasteiger partial charge in [-0.2, -0.15) is 0 Å². The van der Waals surface area contributed by atoms with Crippen molar-refractivity contribution in [2.75, 3.05) is 0 Å². The van der Waals surface area contributed by atoms with Crippen molar-refractivity contribution in [3.63, 3.8) is 0 Å². The van der Waals surface area contributed by atoms with Crippen LogP contribution in [0.4, 0.5) is 0 Å². The maximum Gasteiger partial charge on any atom is 0.226 e. The molecular weight excluding hydrogens is 279 g/mol. The molecule has 1 atom stereocenters. The molecular formula is C13H17B4ClN2O. The van der Waals surface area contributed by atoms with E-state index in [0.29, 0.717) is 0 Å². The molecule has 0 saturated carbocycles. The molecule has 1 aliphatic carbocycles. The van der Waals surface area contributed by atoms with Crippen LogP contribution in [-0.2, 0) is 11.2 Å². The summed E-state index contributed by atoms with van der Waals surface area (Å²) < 4.78 is 0. The van der Waals surface area contributed by atoms with Gasteiger partial charge in [-0.15, -0.1) is 0 Å². The number of amides is 1. The van der Waals surface area contributed by atoms with Gasteiger partial charge in [0.2, 0.25) is 5.91 Å². The first kappa shape index (κ1) is 14.7.